The van der Waals surface area contributed by atoms with Gasteiger partial charge in [-0.25, -0.2) is 0 Å². The van der Waals surface area contributed by atoms with Gasteiger partial charge in [0.15, 0.2) is 0 Å². The molecule has 182 valence electrons. The lowest BCUT2D eigenvalue weighted by Gasteiger charge is -2.44. The lowest BCUT2D eigenvalue weighted by molar-refractivity contribution is -0.274. The second kappa shape index (κ2) is 9.32. The van der Waals surface area contributed by atoms with E-state index < -0.39 is 29.5 Å². The molecule has 1 N–H and O–H groups in total. The summed E-state index contributed by atoms with van der Waals surface area (Å²) in [6.45, 7) is 1.84. The van der Waals surface area contributed by atoms with Crippen molar-refractivity contribution in [1.29, 1.82) is 0 Å². The molecule has 0 radical (unpaired) electrons. The maximum absolute atomic E-state index is 13.5. The van der Waals surface area contributed by atoms with E-state index >= 15 is 0 Å². The maximum atomic E-state index is 13.5. The summed E-state index contributed by atoms with van der Waals surface area (Å²) in [5.41, 5.74) is 0.893. The van der Waals surface area contributed by atoms with Gasteiger partial charge in [-0.1, -0.05) is 30.3 Å². The van der Waals surface area contributed by atoms with Crippen molar-refractivity contribution in [2.75, 3.05) is 12.0 Å². The topological polar surface area (TPSA) is 67.9 Å². The number of methoxy groups -OCH3 is 1. The summed E-state index contributed by atoms with van der Waals surface area (Å²) in [6, 6.07) is 19.1. The Labute approximate surface area is 200 Å². The van der Waals surface area contributed by atoms with Crippen LogP contribution in [0.5, 0.6) is 11.5 Å². The van der Waals surface area contributed by atoms with E-state index in [-0.39, 0.29) is 18.7 Å². The van der Waals surface area contributed by atoms with E-state index in [0.717, 1.165) is 17.7 Å². The van der Waals surface area contributed by atoms with Crippen LogP contribution in [0, 0.1) is 0 Å². The summed E-state index contributed by atoms with van der Waals surface area (Å²) in [5.74, 6) is -0.600. The number of hydrogen-bond acceptors (Lipinski definition) is 4. The number of nitrogens with zero attached hydrogens (tertiary/aromatic N) is 1. The molecule has 0 saturated heterocycles. The van der Waals surface area contributed by atoms with Gasteiger partial charge in [0.05, 0.1) is 7.11 Å². The lowest BCUT2D eigenvalue weighted by atomic mass is 9.82. The summed E-state index contributed by atoms with van der Waals surface area (Å²) in [7, 11) is 1.55. The third kappa shape index (κ3) is 5.08. The molecule has 9 heteroatoms. The summed E-state index contributed by atoms with van der Waals surface area (Å²) in [6.07, 6.45) is -4.62. The number of amides is 2. The molecule has 0 bridgehead atoms. The SMILES string of the molecule is COc1cccc(CNC(=O)C2(C)Cc3ccccc3C(=O)N2c2ccc(OC(F)(F)F)cc2)c1. The van der Waals surface area contributed by atoms with Gasteiger partial charge in [-0.05, 0) is 60.5 Å². The van der Waals surface area contributed by atoms with Crippen molar-refractivity contribution < 1.29 is 32.2 Å². The fraction of sp³-hybridized carbons (Fsp3) is 0.231. The zero-order valence-electron chi connectivity index (χ0n) is 19.1. The fourth-order valence-electron chi connectivity index (χ4n) is 4.21. The van der Waals surface area contributed by atoms with Crippen LogP contribution < -0.4 is 19.7 Å². The standard InChI is InChI=1S/C26H23F3N2O4/c1-25(24(33)30-16-17-6-5-8-21(14-17)34-2)15-18-7-3-4-9-22(18)23(32)31(25)19-10-12-20(13-11-19)35-26(27,28)29/h3-14H,15-16H2,1-2H3,(H,30,33). The lowest BCUT2D eigenvalue weighted by Crippen LogP contribution is -2.63. The van der Waals surface area contributed by atoms with Crippen LogP contribution in [0.2, 0.25) is 0 Å². The predicted octanol–water partition coefficient (Wildman–Crippen LogP) is 4.87. The van der Waals surface area contributed by atoms with Crippen LogP contribution in [0.1, 0.15) is 28.4 Å². The molecular formula is C26H23F3N2O4. The van der Waals surface area contributed by atoms with Gasteiger partial charge in [-0.15, -0.1) is 13.2 Å². The third-order valence-electron chi connectivity index (χ3n) is 5.88. The summed E-state index contributed by atoms with van der Waals surface area (Å²) in [4.78, 5) is 28.4. The average molecular weight is 484 g/mol. The molecule has 3 aromatic rings. The first-order valence-electron chi connectivity index (χ1n) is 10.8. The first-order chi connectivity index (χ1) is 16.6. The van der Waals surface area contributed by atoms with Crippen molar-refractivity contribution in [3.05, 3.63) is 89.5 Å². The highest BCUT2D eigenvalue weighted by Gasteiger charge is 2.47. The molecule has 4 rings (SSSR count). The molecule has 0 saturated carbocycles. The number of hydrogen-bond donors (Lipinski definition) is 1. The van der Waals surface area contributed by atoms with Gasteiger partial charge in [-0.2, -0.15) is 0 Å². The number of rotatable bonds is 6. The van der Waals surface area contributed by atoms with Crippen LogP contribution in [-0.2, 0) is 17.8 Å². The average Bonchev–Trinajstić information content (AvgIpc) is 2.82. The number of carbonyl (C=O) groups is 2. The van der Waals surface area contributed by atoms with E-state index in [9.17, 15) is 22.8 Å². The highest BCUT2D eigenvalue weighted by molar-refractivity contribution is 6.14. The molecule has 1 aliphatic heterocycles. The Hall–Kier alpha value is -4.01. The number of halogens is 3. The Bertz CT molecular complexity index is 1240. The Morgan fingerprint density at radius 1 is 1.03 bits per heavy atom. The minimum Gasteiger partial charge on any atom is -0.497 e. The Balaban J connectivity index is 1.66. The molecule has 0 aromatic heterocycles. The van der Waals surface area contributed by atoms with Gasteiger partial charge in [0.1, 0.15) is 17.0 Å². The second-order valence-corrected chi connectivity index (χ2v) is 8.32. The zero-order chi connectivity index (χ0) is 25.2. The van der Waals surface area contributed by atoms with Crippen LogP contribution >= 0.6 is 0 Å². The number of benzene rings is 3. The number of alkyl halides is 3. The van der Waals surface area contributed by atoms with E-state index in [1.807, 2.05) is 6.07 Å². The largest absolute Gasteiger partial charge is 0.573 e. The van der Waals surface area contributed by atoms with Gasteiger partial charge >= 0.3 is 6.36 Å². The van der Waals surface area contributed by atoms with E-state index in [0.29, 0.717) is 16.9 Å². The van der Waals surface area contributed by atoms with E-state index in [1.54, 1.807) is 56.5 Å². The van der Waals surface area contributed by atoms with Crippen LogP contribution in [0.3, 0.4) is 0 Å². The molecule has 2 amide bonds. The molecule has 1 unspecified atom stereocenters. The molecule has 0 aliphatic carbocycles. The normalized spacial score (nSPS) is 17.5. The van der Waals surface area contributed by atoms with Crippen molar-refractivity contribution in [1.82, 2.24) is 5.32 Å². The Kier molecular flexibility index (Phi) is 6.43. The first kappa shape index (κ1) is 24.1. The van der Waals surface area contributed by atoms with Gasteiger partial charge in [0.2, 0.25) is 5.91 Å². The van der Waals surface area contributed by atoms with Crippen molar-refractivity contribution in [3.63, 3.8) is 0 Å². The molecule has 3 aromatic carbocycles. The van der Waals surface area contributed by atoms with Crippen LogP contribution in [0.4, 0.5) is 18.9 Å². The molecule has 0 fully saturated rings. The number of ether oxygens (including phenoxy) is 2. The van der Waals surface area contributed by atoms with Crippen LogP contribution in [0.25, 0.3) is 0 Å². The molecule has 1 atom stereocenters. The van der Waals surface area contributed by atoms with Crippen LogP contribution in [0.15, 0.2) is 72.8 Å². The number of carbonyl (C=O) groups excluding carboxylic acids is 2. The maximum Gasteiger partial charge on any atom is 0.573 e. The van der Waals surface area contributed by atoms with E-state index in [1.165, 1.54) is 17.0 Å². The number of fused-ring (bicyclic) bond motifs is 1. The summed E-state index contributed by atoms with van der Waals surface area (Å²) in [5, 5.41) is 2.89. The Morgan fingerprint density at radius 3 is 2.43 bits per heavy atom. The fourth-order valence-corrected chi connectivity index (χ4v) is 4.21. The quantitative estimate of drug-likeness (QED) is 0.542. The van der Waals surface area contributed by atoms with Crippen LogP contribution in [-0.4, -0.2) is 30.8 Å². The van der Waals surface area contributed by atoms with E-state index in [2.05, 4.69) is 10.1 Å². The van der Waals surface area contributed by atoms with Crippen molar-refractivity contribution in [2.24, 2.45) is 0 Å². The van der Waals surface area contributed by atoms with E-state index in [4.69, 9.17) is 4.74 Å². The minimum absolute atomic E-state index is 0.202. The Morgan fingerprint density at radius 2 is 1.74 bits per heavy atom. The molecule has 1 heterocycles. The van der Waals surface area contributed by atoms with Gasteiger partial charge in [0.25, 0.3) is 5.91 Å². The molecule has 1 aliphatic rings. The van der Waals surface area contributed by atoms with Gasteiger partial charge < -0.3 is 14.8 Å². The van der Waals surface area contributed by atoms with Gasteiger partial charge in [0, 0.05) is 24.2 Å². The minimum atomic E-state index is -4.84. The van der Waals surface area contributed by atoms with Crippen molar-refractivity contribution >= 4 is 17.5 Å². The predicted molar refractivity (Wildman–Crippen MR) is 123 cm³/mol. The third-order valence-corrected chi connectivity index (χ3v) is 5.88. The molecule has 35 heavy (non-hydrogen) atoms. The molecular weight excluding hydrogens is 461 g/mol. The molecule has 0 spiro atoms. The van der Waals surface area contributed by atoms with Gasteiger partial charge in [-0.3, -0.25) is 14.5 Å². The zero-order valence-corrected chi connectivity index (χ0v) is 19.1. The smallest absolute Gasteiger partial charge is 0.497 e. The highest BCUT2D eigenvalue weighted by Crippen LogP contribution is 2.36. The number of nitrogens with one attached hydrogen (secondary N) is 1. The summed E-state index contributed by atoms with van der Waals surface area (Å²) >= 11 is 0. The molecule has 6 nitrogen and oxygen atoms in total. The monoisotopic (exact) mass is 484 g/mol. The highest BCUT2D eigenvalue weighted by atomic mass is 19.4. The summed E-state index contributed by atoms with van der Waals surface area (Å²) < 4.78 is 46.9. The van der Waals surface area contributed by atoms with Crippen molar-refractivity contribution in [3.8, 4) is 11.5 Å². The van der Waals surface area contributed by atoms with Crippen molar-refractivity contribution in [2.45, 2.75) is 31.8 Å². The number of anilines is 1. The first-order valence-corrected chi connectivity index (χ1v) is 10.8. The second-order valence-electron chi connectivity index (χ2n) is 8.32.